The van der Waals surface area contributed by atoms with Gasteiger partial charge in [-0.2, -0.15) is 0 Å². The van der Waals surface area contributed by atoms with Gasteiger partial charge in [0.2, 0.25) is 0 Å². The molecule has 0 bridgehead atoms. The van der Waals surface area contributed by atoms with E-state index in [1.165, 1.54) is 19.3 Å². The molecule has 0 amide bonds. The molecule has 1 aliphatic rings. The summed E-state index contributed by atoms with van der Waals surface area (Å²) in [7, 11) is 0. The van der Waals surface area contributed by atoms with Gasteiger partial charge in [-0.1, -0.05) is 41.5 Å². The fraction of sp³-hybridized carbons (Fsp3) is 1.00. The van der Waals surface area contributed by atoms with Crippen molar-refractivity contribution in [3.05, 3.63) is 0 Å². The van der Waals surface area contributed by atoms with Crippen molar-refractivity contribution < 1.29 is 4.74 Å². The highest BCUT2D eigenvalue weighted by Gasteiger charge is 2.38. The van der Waals surface area contributed by atoms with Crippen molar-refractivity contribution in [1.82, 2.24) is 0 Å². The van der Waals surface area contributed by atoms with E-state index in [1.807, 2.05) is 0 Å². The zero-order chi connectivity index (χ0) is 11.7. The summed E-state index contributed by atoms with van der Waals surface area (Å²) < 4.78 is 6.02. The van der Waals surface area contributed by atoms with Crippen molar-refractivity contribution in [3.8, 4) is 0 Å². The van der Waals surface area contributed by atoms with Crippen LogP contribution in [0.15, 0.2) is 0 Å². The Bertz CT molecular complexity index is 187. The normalized spacial score (nSPS) is 25.8. The highest BCUT2D eigenvalue weighted by molar-refractivity contribution is 4.89. The van der Waals surface area contributed by atoms with Gasteiger partial charge in [-0.3, -0.25) is 0 Å². The van der Waals surface area contributed by atoms with Gasteiger partial charge in [-0.15, -0.1) is 0 Å². The molecule has 1 rings (SSSR count). The van der Waals surface area contributed by atoms with Gasteiger partial charge in [-0.25, -0.2) is 0 Å². The van der Waals surface area contributed by atoms with Crippen LogP contribution in [0, 0.1) is 16.7 Å². The van der Waals surface area contributed by atoms with Crippen LogP contribution in [0.25, 0.3) is 0 Å². The van der Waals surface area contributed by atoms with E-state index in [1.54, 1.807) is 0 Å². The topological polar surface area (TPSA) is 9.23 Å². The summed E-state index contributed by atoms with van der Waals surface area (Å²) in [4.78, 5) is 0. The molecule has 0 radical (unpaired) electrons. The first-order chi connectivity index (χ1) is 6.70. The second kappa shape index (κ2) is 4.45. The number of ether oxygens (including phenoxy) is 1. The lowest BCUT2D eigenvalue weighted by Crippen LogP contribution is -2.38. The predicted octanol–water partition coefficient (Wildman–Crippen LogP) is 4.26. The number of hydrogen-bond acceptors (Lipinski definition) is 1. The van der Waals surface area contributed by atoms with Crippen LogP contribution < -0.4 is 0 Å². The molecule has 1 nitrogen and oxygen atoms in total. The molecule has 1 aliphatic carbocycles. The van der Waals surface area contributed by atoms with Gasteiger partial charge >= 0.3 is 0 Å². The Labute approximate surface area is 95.6 Å². The monoisotopic (exact) mass is 212 g/mol. The van der Waals surface area contributed by atoms with Gasteiger partial charge in [-0.05, 0) is 36.0 Å². The molecule has 15 heavy (non-hydrogen) atoms. The minimum Gasteiger partial charge on any atom is -0.378 e. The first-order valence-electron chi connectivity index (χ1n) is 6.32. The molecule has 0 spiro atoms. The smallest absolute Gasteiger partial charge is 0.0585 e. The minimum absolute atomic E-state index is 0.448. The Kier molecular flexibility index (Phi) is 3.86. The summed E-state index contributed by atoms with van der Waals surface area (Å²) in [5.74, 6) is 0.651. The fourth-order valence-electron chi connectivity index (χ4n) is 3.19. The molecular weight excluding hydrogens is 184 g/mol. The lowest BCUT2D eigenvalue weighted by Gasteiger charge is -2.44. The molecular formula is C14H28O. The van der Waals surface area contributed by atoms with Crippen molar-refractivity contribution in [2.24, 2.45) is 16.7 Å². The van der Waals surface area contributed by atoms with Crippen LogP contribution in [0.4, 0.5) is 0 Å². The third kappa shape index (κ3) is 4.55. The molecule has 0 aromatic rings. The Morgan fingerprint density at radius 1 is 1.07 bits per heavy atom. The molecule has 90 valence electrons. The maximum absolute atomic E-state index is 6.02. The molecule has 1 saturated carbocycles. The number of hydrogen-bond donors (Lipinski definition) is 0. The van der Waals surface area contributed by atoms with Crippen molar-refractivity contribution in [3.63, 3.8) is 0 Å². The van der Waals surface area contributed by atoms with E-state index in [2.05, 4.69) is 41.5 Å². The lowest BCUT2D eigenvalue weighted by molar-refractivity contribution is -0.0564. The van der Waals surface area contributed by atoms with Crippen LogP contribution in [0.3, 0.4) is 0 Å². The van der Waals surface area contributed by atoms with Crippen LogP contribution in [0.5, 0.6) is 0 Å². The second-order valence-electron chi connectivity index (χ2n) is 7.26. The van der Waals surface area contributed by atoms with E-state index in [4.69, 9.17) is 4.74 Å². The molecule has 0 heterocycles. The highest BCUT2D eigenvalue weighted by Crippen LogP contribution is 2.46. The van der Waals surface area contributed by atoms with Gasteiger partial charge in [0, 0.05) is 6.61 Å². The highest BCUT2D eigenvalue weighted by atomic mass is 16.5. The maximum atomic E-state index is 6.02. The Balaban J connectivity index is 2.52. The van der Waals surface area contributed by atoms with Crippen LogP contribution in [-0.2, 0) is 4.74 Å². The molecule has 0 aromatic heterocycles. The molecule has 0 N–H and O–H groups in total. The molecule has 0 atom stereocenters. The standard InChI is InChI=1S/C14H28O/c1-11(2)9-15-12-7-13(3,4)10-14(5,6)8-12/h11-12H,7-10H2,1-6H3. The average Bonchev–Trinajstić information content (AvgIpc) is 1.94. The zero-order valence-electron chi connectivity index (χ0n) is 11.4. The maximum Gasteiger partial charge on any atom is 0.0585 e. The number of rotatable bonds is 3. The van der Waals surface area contributed by atoms with Crippen molar-refractivity contribution in [1.29, 1.82) is 0 Å². The summed E-state index contributed by atoms with van der Waals surface area (Å²) in [5.41, 5.74) is 0.896. The van der Waals surface area contributed by atoms with E-state index in [-0.39, 0.29) is 0 Å². The van der Waals surface area contributed by atoms with E-state index in [0.29, 0.717) is 22.9 Å². The largest absolute Gasteiger partial charge is 0.378 e. The van der Waals surface area contributed by atoms with Crippen molar-refractivity contribution in [2.45, 2.75) is 66.9 Å². The molecule has 0 aromatic carbocycles. The van der Waals surface area contributed by atoms with E-state index < -0.39 is 0 Å². The van der Waals surface area contributed by atoms with Gasteiger partial charge in [0.25, 0.3) is 0 Å². The third-order valence-electron chi connectivity index (χ3n) is 3.18. The van der Waals surface area contributed by atoms with Gasteiger partial charge in [0.05, 0.1) is 6.10 Å². The van der Waals surface area contributed by atoms with Crippen molar-refractivity contribution >= 4 is 0 Å². The van der Waals surface area contributed by atoms with Crippen LogP contribution in [0.2, 0.25) is 0 Å². The van der Waals surface area contributed by atoms with Crippen molar-refractivity contribution in [2.75, 3.05) is 6.61 Å². The second-order valence-corrected chi connectivity index (χ2v) is 7.26. The van der Waals surface area contributed by atoms with E-state index >= 15 is 0 Å². The molecule has 1 fully saturated rings. The van der Waals surface area contributed by atoms with Crippen LogP contribution in [0.1, 0.15) is 60.8 Å². The van der Waals surface area contributed by atoms with Gasteiger partial charge in [0.15, 0.2) is 0 Å². The lowest BCUT2D eigenvalue weighted by atomic mass is 9.64. The van der Waals surface area contributed by atoms with Gasteiger partial charge < -0.3 is 4.74 Å². The minimum atomic E-state index is 0.448. The Morgan fingerprint density at radius 3 is 1.93 bits per heavy atom. The first-order valence-corrected chi connectivity index (χ1v) is 6.32. The third-order valence-corrected chi connectivity index (χ3v) is 3.18. The van der Waals surface area contributed by atoms with Crippen LogP contribution >= 0.6 is 0 Å². The Hall–Kier alpha value is -0.0400. The summed E-state index contributed by atoms with van der Waals surface area (Å²) in [6.45, 7) is 14.9. The van der Waals surface area contributed by atoms with E-state index in [0.717, 1.165) is 6.61 Å². The molecule has 0 unspecified atom stereocenters. The first kappa shape index (κ1) is 13.0. The van der Waals surface area contributed by atoms with Crippen LogP contribution in [-0.4, -0.2) is 12.7 Å². The molecule has 1 heteroatoms. The summed E-state index contributed by atoms with van der Waals surface area (Å²) in [5, 5.41) is 0. The average molecular weight is 212 g/mol. The quantitative estimate of drug-likeness (QED) is 0.679. The Morgan fingerprint density at radius 2 is 1.53 bits per heavy atom. The summed E-state index contributed by atoms with van der Waals surface area (Å²) in [6, 6.07) is 0. The molecule has 0 saturated heterocycles. The molecule has 0 aliphatic heterocycles. The summed E-state index contributed by atoms with van der Waals surface area (Å²) in [6.07, 6.45) is 4.25. The van der Waals surface area contributed by atoms with Gasteiger partial charge in [0.1, 0.15) is 0 Å². The fourth-order valence-corrected chi connectivity index (χ4v) is 3.19. The SMILES string of the molecule is CC(C)COC1CC(C)(C)CC(C)(C)C1. The van der Waals surface area contributed by atoms with E-state index in [9.17, 15) is 0 Å². The summed E-state index contributed by atoms with van der Waals surface area (Å²) >= 11 is 0. The zero-order valence-corrected chi connectivity index (χ0v) is 11.4. The predicted molar refractivity (Wildman–Crippen MR) is 66.0 cm³/mol.